The Hall–Kier alpha value is 0.499. The molecule has 0 spiro atoms. The van der Waals surface area contributed by atoms with Gasteiger partial charge in [0.1, 0.15) is 0 Å². The van der Waals surface area contributed by atoms with Crippen LogP contribution in [0, 0.1) is 0 Å². The molecule has 0 fully saturated rings. The molecule has 0 heterocycles. The maximum atomic E-state index is 9.46. The first-order valence-corrected chi connectivity index (χ1v) is 1.47. The Balaban J connectivity index is 0. The quantitative estimate of drug-likeness (QED) is 0.350. The van der Waals surface area contributed by atoms with Crippen LogP contribution in [0.4, 0.5) is 0 Å². The molecular weight excluding hydrogens is 206 g/mol. The molecule has 6 heavy (non-hydrogen) atoms. The number of carbonyl (C=O) groups is 1. The Kier molecular flexibility index (Phi) is 8.90. The van der Waals surface area contributed by atoms with E-state index >= 15 is 0 Å². The first-order valence-electron chi connectivity index (χ1n) is 1.09. The monoisotopic (exact) mass is 210 g/mol. The van der Waals surface area contributed by atoms with Crippen molar-refractivity contribution >= 4 is 40.8 Å². The molecule has 0 unspecified atom stereocenters. The van der Waals surface area contributed by atoms with Gasteiger partial charge >= 0.3 is 0 Å². The summed E-state index contributed by atoms with van der Waals surface area (Å²) in [6, 6.07) is 0. The molecule has 0 amide bonds. The van der Waals surface area contributed by atoms with Crippen LogP contribution in [0.25, 0.3) is 0 Å². The van der Waals surface area contributed by atoms with Gasteiger partial charge in [-0.25, -0.2) is 0 Å². The normalized spacial score (nSPS) is 5.50. The largest absolute Gasteiger partial charge is 0.276 e. The van der Waals surface area contributed by atoms with E-state index in [1.165, 1.54) is 0 Å². The molecule has 0 saturated heterocycles. The Morgan fingerprint density at radius 1 is 1.83 bits per heavy atom. The van der Waals surface area contributed by atoms with Crippen molar-refractivity contribution in [3.05, 3.63) is 12.7 Å². The summed E-state index contributed by atoms with van der Waals surface area (Å²) < 4.78 is 0. The molecule has 0 aromatic carbocycles. The summed E-state index contributed by atoms with van der Waals surface area (Å²) in [6.45, 7) is 3.08. The van der Waals surface area contributed by atoms with Gasteiger partial charge in [-0.05, 0) is 17.7 Å². The van der Waals surface area contributed by atoms with Gasteiger partial charge in [-0.2, -0.15) is 0 Å². The topological polar surface area (TPSA) is 17.1 Å². The van der Waals surface area contributed by atoms with E-state index in [-0.39, 0.29) is 23.9 Å². The molecule has 32 valence electrons. The number of carbonyl (C=O) groups excluding carboxylic acids is 1. The van der Waals surface area contributed by atoms with Crippen LogP contribution in [-0.2, 0) is 4.79 Å². The third-order valence-corrected chi connectivity index (χ3v) is 0.315. The number of rotatable bonds is 1. The fourth-order valence-electron chi connectivity index (χ4n) is 0. The zero-order chi connectivity index (χ0) is 4.28. The van der Waals surface area contributed by atoms with Gasteiger partial charge in [0, 0.05) is 23.9 Å². The molecule has 0 atom stereocenters. The van der Waals surface area contributed by atoms with Crippen LogP contribution in [-0.4, -0.2) is 29.2 Å². The Morgan fingerprint density at radius 3 is 2.00 bits per heavy atom. The van der Waals surface area contributed by atoms with E-state index in [9.17, 15) is 4.79 Å². The summed E-state index contributed by atoms with van der Waals surface area (Å²) >= 11 is 4.71. The standard InChI is InChI=1S/C3H3ClO.Sn/c1-2-3(4)5;/h2H,1H2;. The minimum atomic E-state index is -0.509. The van der Waals surface area contributed by atoms with Gasteiger partial charge in [0.2, 0.25) is 5.24 Å². The number of hydrogen-bond donors (Lipinski definition) is 0. The van der Waals surface area contributed by atoms with Crippen LogP contribution in [0.1, 0.15) is 0 Å². The first-order chi connectivity index (χ1) is 2.27. The summed E-state index contributed by atoms with van der Waals surface area (Å²) in [5, 5.41) is -0.509. The second kappa shape index (κ2) is 5.50. The van der Waals surface area contributed by atoms with Crippen LogP contribution < -0.4 is 0 Å². The van der Waals surface area contributed by atoms with E-state index < -0.39 is 5.24 Å². The fraction of sp³-hybridized carbons (Fsp3) is 0. The van der Waals surface area contributed by atoms with E-state index in [2.05, 4.69) is 6.58 Å². The predicted octanol–water partition coefficient (Wildman–Crippen LogP) is 0.557. The summed E-state index contributed by atoms with van der Waals surface area (Å²) in [7, 11) is 0. The van der Waals surface area contributed by atoms with E-state index in [0.29, 0.717) is 0 Å². The Bertz CT molecular complexity index is 61.8. The molecule has 0 saturated carbocycles. The van der Waals surface area contributed by atoms with Crippen molar-refractivity contribution < 1.29 is 4.79 Å². The van der Waals surface area contributed by atoms with Crippen molar-refractivity contribution in [3.63, 3.8) is 0 Å². The van der Waals surface area contributed by atoms with Gasteiger partial charge in [0.05, 0.1) is 0 Å². The van der Waals surface area contributed by atoms with Crippen molar-refractivity contribution in [3.8, 4) is 0 Å². The minimum absolute atomic E-state index is 0. The average molecular weight is 209 g/mol. The van der Waals surface area contributed by atoms with Crippen molar-refractivity contribution in [1.82, 2.24) is 0 Å². The van der Waals surface area contributed by atoms with Crippen LogP contribution >= 0.6 is 11.6 Å². The molecule has 0 aliphatic rings. The maximum absolute atomic E-state index is 9.46. The predicted molar refractivity (Wildman–Crippen MR) is 26.8 cm³/mol. The van der Waals surface area contributed by atoms with Crippen LogP contribution in [0.5, 0.6) is 0 Å². The van der Waals surface area contributed by atoms with Crippen molar-refractivity contribution in [2.75, 3.05) is 0 Å². The molecule has 0 rings (SSSR count). The molecule has 0 bridgehead atoms. The zero-order valence-electron chi connectivity index (χ0n) is 3.07. The number of allylic oxidation sites excluding steroid dienone is 1. The molecule has 0 aliphatic heterocycles. The molecule has 1 nitrogen and oxygen atoms in total. The van der Waals surface area contributed by atoms with Gasteiger partial charge in [-0.3, -0.25) is 4.79 Å². The van der Waals surface area contributed by atoms with Crippen LogP contribution in [0.15, 0.2) is 12.7 Å². The third-order valence-electron chi connectivity index (χ3n) is 0.160. The van der Waals surface area contributed by atoms with Gasteiger partial charge < -0.3 is 0 Å². The number of hydrogen-bond acceptors (Lipinski definition) is 1. The summed E-state index contributed by atoms with van der Waals surface area (Å²) in [5.74, 6) is 0. The van der Waals surface area contributed by atoms with E-state index in [0.717, 1.165) is 6.08 Å². The molecule has 4 radical (unpaired) electrons. The van der Waals surface area contributed by atoms with Crippen LogP contribution in [0.2, 0.25) is 0 Å². The van der Waals surface area contributed by atoms with Gasteiger partial charge in [0.25, 0.3) is 0 Å². The minimum Gasteiger partial charge on any atom is -0.276 e. The molecule has 0 aromatic rings. The fourth-order valence-corrected chi connectivity index (χ4v) is 0. The van der Waals surface area contributed by atoms with Gasteiger partial charge in [-0.1, -0.05) is 6.58 Å². The van der Waals surface area contributed by atoms with Crippen molar-refractivity contribution in [1.29, 1.82) is 0 Å². The maximum Gasteiger partial charge on any atom is 0.244 e. The Morgan fingerprint density at radius 2 is 2.00 bits per heavy atom. The van der Waals surface area contributed by atoms with E-state index in [1.54, 1.807) is 0 Å². The zero-order valence-corrected chi connectivity index (χ0v) is 6.68. The molecule has 0 aliphatic carbocycles. The molecule has 0 N–H and O–H groups in total. The van der Waals surface area contributed by atoms with Crippen LogP contribution in [0.3, 0.4) is 0 Å². The first kappa shape index (κ1) is 9.71. The SMILES string of the molecule is C=CC(=O)Cl.[Sn]. The second-order valence-electron chi connectivity index (χ2n) is 0.508. The average Bonchev–Trinajstić information content (AvgIpc) is 1.38. The molecule has 0 aromatic heterocycles. The number of halogens is 1. The molecular formula is C3H3ClOSn. The van der Waals surface area contributed by atoms with Crippen molar-refractivity contribution in [2.24, 2.45) is 0 Å². The molecule has 3 heteroatoms. The second-order valence-corrected chi connectivity index (χ2v) is 0.881. The van der Waals surface area contributed by atoms with Crippen molar-refractivity contribution in [2.45, 2.75) is 0 Å². The van der Waals surface area contributed by atoms with E-state index in [1.807, 2.05) is 0 Å². The van der Waals surface area contributed by atoms with Gasteiger partial charge in [0.15, 0.2) is 0 Å². The van der Waals surface area contributed by atoms with Gasteiger partial charge in [-0.15, -0.1) is 0 Å². The smallest absolute Gasteiger partial charge is 0.244 e. The Labute approximate surface area is 58.3 Å². The summed E-state index contributed by atoms with van der Waals surface area (Å²) in [4.78, 5) is 9.46. The summed E-state index contributed by atoms with van der Waals surface area (Å²) in [6.07, 6.45) is 1.04. The third kappa shape index (κ3) is 8.82. The van der Waals surface area contributed by atoms with E-state index in [4.69, 9.17) is 11.6 Å². The summed E-state index contributed by atoms with van der Waals surface area (Å²) in [5.41, 5.74) is 0.